The predicted octanol–water partition coefficient (Wildman–Crippen LogP) is 1.85. The van der Waals surface area contributed by atoms with Gasteiger partial charge in [0.2, 0.25) is 5.91 Å². The SMILES string of the molecule is CCCc1cc(NC(=O)C(N)CCC)n[nH]1.Cl. The molecule has 4 N–H and O–H groups in total. The molecule has 1 heterocycles. The zero-order chi connectivity index (χ0) is 12.0. The Morgan fingerprint density at radius 3 is 2.82 bits per heavy atom. The number of hydrogen-bond acceptors (Lipinski definition) is 3. The van der Waals surface area contributed by atoms with Crippen LogP contribution in [0.5, 0.6) is 0 Å². The molecular weight excluding hydrogens is 240 g/mol. The maximum absolute atomic E-state index is 11.6. The molecule has 1 atom stereocenters. The molecule has 6 heteroatoms. The van der Waals surface area contributed by atoms with Crippen LogP contribution < -0.4 is 11.1 Å². The number of nitrogens with one attached hydrogen (secondary N) is 2. The summed E-state index contributed by atoms with van der Waals surface area (Å²) < 4.78 is 0. The highest BCUT2D eigenvalue weighted by molar-refractivity contribution is 5.93. The van der Waals surface area contributed by atoms with Crippen LogP contribution in [0.25, 0.3) is 0 Å². The Hall–Kier alpha value is -1.07. The topological polar surface area (TPSA) is 83.8 Å². The third kappa shape index (κ3) is 5.19. The summed E-state index contributed by atoms with van der Waals surface area (Å²) in [5.41, 5.74) is 6.72. The van der Waals surface area contributed by atoms with E-state index in [0.29, 0.717) is 12.2 Å². The van der Waals surface area contributed by atoms with E-state index in [0.717, 1.165) is 25.0 Å². The Morgan fingerprint density at radius 1 is 1.53 bits per heavy atom. The average Bonchev–Trinajstić information content (AvgIpc) is 2.66. The average molecular weight is 261 g/mol. The van der Waals surface area contributed by atoms with Gasteiger partial charge >= 0.3 is 0 Å². The molecule has 0 radical (unpaired) electrons. The van der Waals surface area contributed by atoms with Gasteiger partial charge in [0.15, 0.2) is 5.82 Å². The van der Waals surface area contributed by atoms with Gasteiger partial charge in [-0.3, -0.25) is 9.89 Å². The molecule has 1 aromatic rings. The number of H-pyrrole nitrogens is 1. The number of hydrogen-bond donors (Lipinski definition) is 3. The zero-order valence-electron chi connectivity index (χ0n) is 10.3. The van der Waals surface area contributed by atoms with Crippen molar-refractivity contribution < 1.29 is 4.79 Å². The molecule has 1 unspecified atom stereocenters. The van der Waals surface area contributed by atoms with Crippen molar-refractivity contribution in [1.82, 2.24) is 10.2 Å². The molecule has 1 rings (SSSR count). The number of anilines is 1. The molecule has 0 fully saturated rings. The van der Waals surface area contributed by atoms with Crippen molar-refractivity contribution in [3.05, 3.63) is 11.8 Å². The number of nitrogens with zero attached hydrogens (tertiary/aromatic N) is 1. The first-order valence-electron chi connectivity index (χ1n) is 5.78. The van der Waals surface area contributed by atoms with Gasteiger partial charge < -0.3 is 11.1 Å². The van der Waals surface area contributed by atoms with E-state index in [9.17, 15) is 4.79 Å². The van der Waals surface area contributed by atoms with Crippen molar-refractivity contribution >= 4 is 24.1 Å². The summed E-state index contributed by atoms with van der Waals surface area (Å²) in [5.74, 6) is 0.386. The Balaban J connectivity index is 0.00000256. The third-order valence-electron chi connectivity index (χ3n) is 2.34. The van der Waals surface area contributed by atoms with Crippen molar-refractivity contribution in [2.45, 2.75) is 45.6 Å². The number of nitrogens with two attached hydrogens (primary N) is 1. The van der Waals surface area contributed by atoms with E-state index in [1.807, 2.05) is 13.0 Å². The quantitative estimate of drug-likeness (QED) is 0.730. The van der Waals surface area contributed by atoms with Gasteiger partial charge in [0.1, 0.15) is 0 Å². The third-order valence-corrected chi connectivity index (χ3v) is 2.34. The fourth-order valence-electron chi connectivity index (χ4n) is 1.48. The van der Waals surface area contributed by atoms with E-state index in [1.165, 1.54) is 0 Å². The Kier molecular flexibility index (Phi) is 7.58. The van der Waals surface area contributed by atoms with E-state index in [-0.39, 0.29) is 18.3 Å². The van der Waals surface area contributed by atoms with Crippen LogP contribution in [0, 0.1) is 0 Å². The van der Waals surface area contributed by atoms with E-state index >= 15 is 0 Å². The monoisotopic (exact) mass is 260 g/mol. The summed E-state index contributed by atoms with van der Waals surface area (Å²) in [6.07, 6.45) is 3.57. The molecule has 0 spiro atoms. The molecule has 5 nitrogen and oxygen atoms in total. The van der Waals surface area contributed by atoms with E-state index in [2.05, 4.69) is 22.4 Å². The summed E-state index contributed by atoms with van der Waals surface area (Å²) in [7, 11) is 0. The lowest BCUT2D eigenvalue weighted by Gasteiger charge is -2.08. The number of amides is 1. The Labute approximate surface area is 108 Å². The minimum absolute atomic E-state index is 0. The number of carbonyl (C=O) groups excluding carboxylic acids is 1. The maximum atomic E-state index is 11.6. The van der Waals surface area contributed by atoms with Crippen LogP contribution in [0.3, 0.4) is 0 Å². The highest BCUT2D eigenvalue weighted by Gasteiger charge is 2.13. The first-order chi connectivity index (χ1) is 7.67. The summed E-state index contributed by atoms with van der Waals surface area (Å²) in [5, 5.41) is 9.58. The zero-order valence-corrected chi connectivity index (χ0v) is 11.1. The second-order valence-corrected chi connectivity index (χ2v) is 3.91. The predicted molar refractivity (Wildman–Crippen MR) is 71.3 cm³/mol. The molecule has 0 saturated heterocycles. The summed E-state index contributed by atoms with van der Waals surface area (Å²) >= 11 is 0. The molecule has 1 aromatic heterocycles. The van der Waals surface area contributed by atoms with Gasteiger partial charge in [-0.2, -0.15) is 5.10 Å². The van der Waals surface area contributed by atoms with Crippen LogP contribution in [-0.2, 0) is 11.2 Å². The number of rotatable bonds is 6. The van der Waals surface area contributed by atoms with Gasteiger partial charge in [-0.25, -0.2) is 0 Å². The lowest BCUT2D eigenvalue weighted by molar-refractivity contribution is -0.117. The first kappa shape index (κ1) is 15.9. The van der Waals surface area contributed by atoms with Crippen molar-refractivity contribution in [3.8, 4) is 0 Å². The van der Waals surface area contributed by atoms with Gasteiger partial charge in [-0.1, -0.05) is 26.7 Å². The minimum atomic E-state index is -0.448. The van der Waals surface area contributed by atoms with Crippen LogP contribution in [0.4, 0.5) is 5.82 Å². The lowest BCUT2D eigenvalue weighted by atomic mass is 10.2. The van der Waals surface area contributed by atoms with Gasteiger partial charge in [-0.15, -0.1) is 12.4 Å². The number of aromatic nitrogens is 2. The van der Waals surface area contributed by atoms with Crippen LogP contribution >= 0.6 is 12.4 Å². The van der Waals surface area contributed by atoms with Crippen LogP contribution in [-0.4, -0.2) is 22.1 Å². The second kappa shape index (κ2) is 8.08. The van der Waals surface area contributed by atoms with Crippen molar-refractivity contribution in [1.29, 1.82) is 0 Å². The Bertz CT molecular complexity index is 340. The highest BCUT2D eigenvalue weighted by atomic mass is 35.5. The molecule has 0 bridgehead atoms. The van der Waals surface area contributed by atoms with Crippen molar-refractivity contribution in [3.63, 3.8) is 0 Å². The molecule has 17 heavy (non-hydrogen) atoms. The van der Waals surface area contributed by atoms with Crippen LogP contribution in [0.15, 0.2) is 6.07 Å². The van der Waals surface area contributed by atoms with Gasteiger partial charge in [-0.05, 0) is 12.8 Å². The number of aromatic amines is 1. The van der Waals surface area contributed by atoms with Crippen LogP contribution in [0.2, 0.25) is 0 Å². The molecule has 0 aliphatic rings. The molecule has 98 valence electrons. The minimum Gasteiger partial charge on any atom is -0.320 e. The molecule has 0 aromatic carbocycles. The first-order valence-corrected chi connectivity index (χ1v) is 5.78. The summed E-state index contributed by atoms with van der Waals surface area (Å²) in [6, 6.07) is 1.40. The highest BCUT2D eigenvalue weighted by Crippen LogP contribution is 2.08. The smallest absolute Gasteiger partial charge is 0.242 e. The van der Waals surface area contributed by atoms with Crippen molar-refractivity contribution in [2.75, 3.05) is 5.32 Å². The second-order valence-electron chi connectivity index (χ2n) is 3.91. The van der Waals surface area contributed by atoms with Gasteiger partial charge in [0.25, 0.3) is 0 Å². The van der Waals surface area contributed by atoms with E-state index in [4.69, 9.17) is 5.73 Å². The molecule has 0 aliphatic carbocycles. The standard InChI is InChI=1S/C11H20N4O.ClH/c1-3-5-8-7-10(15-14-8)13-11(16)9(12)6-4-2;/h7,9H,3-6,12H2,1-2H3,(H2,13,14,15,16);1H. The molecule has 0 saturated carbocycles. The molecular formula is C11H21ClN4O. The Morgan fingerprint density at radius 2 is 2.24 bits per heavy atom. The maximum Gasteiger partial charge on any atom is 0.242 e. The lowest BCUT2D eigenvalue weighted by Crippen LogP contribution is -2.35. The largest absolute Gasteiger partial charge is 0.320 e. The normalized spacial score (nSPS) is 11.7. The van der Waals surface area contributed by atoms with Gasteiger partial charge in [0.05, 0.1) is 6.04 Å². The fourth-order valence-corrected chi connectivity index (χ4v) is 1.48. The summed E-state index contributed by atoms with van der Waals surface area (Å²) in [4.78, 5) is 11.6. The van der Waals surface area contributed by atoms with Crippen LogP contribution in [0.1, 0.15) is 38.8 Å². The number of carbonyl (C=O) groups is 1. The van der Waals surface area contributed by atoms with Crippen molar-refractivity contribution in [2.24, 2.45) is 5.73 Å². The number of halogens is 1. The van der Waals surface area contributed by atoms with E-state index in [1.54, 1.807) is 0 Å². The van der Waals surface area contributed by atoms with Gasteiger partial charge in [0, 0.05) is 11.8 Å². The molecule has 0 aliphatic heterocycles. The fraction of sp³-hybridized carbons (Fsp3) is 0.636. The molecule has 1 amide bonds. The summed E-state index contributed by atoms with van der Waals surface area (Å²) in [6.45, 7) is 4.09. The van der Waals surface area contributed by atoms with E-state index < -0.39 is 6.04 Å². The number of aryl methyl sites for hydroxylation is 1.